The number of esters is 1. The molecule has 0 aliphatic carbocycles. The van der Waals surface area contributed by atoms with E-state index in [0.717, 1.165) is 16.4 Å². The fourth-order valence-electron chi connectivity index (χ4n) is 1.91. The highest BCUT2D eigenvalue weighted by molar-refractivity contribution is 7.92. The Labute approximate surface area is 133 Å². The number of sulfonamides is 1. The van der Waals surface area contributed by atoms with Gasteiger partial charge in [0.2, 0.25) is 0 Å². The topological polar surface area (TPSA) is 81.5 Å². The number of carbonyl (C=O) groups is 1. The van der Waals surface area contributed by atoms with Gasteiger partial charge in [-0.25, -0.2) is 12.8 Å². The van der Waals surface area contributed by atoms with Gasteiger partial charge in [-0.15, -0.1) is 0 Å². The number of rotatable bonds is 6. The molecule has 0 bridgehead atoms. The highest BCUT2D eigenvalue weighted by atomic mass is 32.2. The normalized spacial score (nSPS) is 11.3. The van der Waals surface area contributed by atoms with Crippen molar-refractivity contribution in [3.05, 3.63) is 42.5 Å². The van der Waals surface area contributed by atoms with Gasteiger partial charge in [0, 0.05) is 13.2 Å². The Morgan fingerprint density at radius 1 is 1.35 bits per heavy atom. The second-order valence-corrected chi connectivity index (χ2v) is 6.51. The molecule has 1 aromatic heterocycles. The molecule has 0 unspecified atom stereocenters. The van der Waals surface area contributed by atoms with E-state index in [0.29, 0.717) is 0 Å². The van der Waals surface area contributed by atoms with E-state index in [1.807, 2.05) is 0 Å². The summed E-state index contributed by atoms with van der Waals surface area (Å²) in [5.41, 5.74) is 0.156. The maximum absolute atomic E-state index is 13.1. The molecule has 0 saturated heterocycles. The van der Waals surface area contributed by atoms with Gasteiger partial charge in [0.25, 0.3) is 10.0 Å². The lowest BCUT2D eigenvalue weighted by Gasteiger charge is -2.22. The van der Waals surface area contributed by atoms with Crippen molar-refractivity contribution in [2.75, 3.05) is 17.5 Å². The summed E-state index contributed by atoms with van der Waals surface area (Å²) in [5, 5.41) is 3.82. The predicted molar refractivity (Wildman–Crippen MR) is 80.8 cm³/mol. The fourth-order valence-corrected chi connectivity index (χ4v) is 3.30. The Morgan fingerprint density at radius 2 is 2.00 bits per heavy atom. The largest absolute Gasteiger partial charge is 0.465 e. The van der Waals surface area contributed by atoms with Crippen molar-refractivity contribution in [1.29, 1.82) is 0 Å². The number of aryl methyl sites for hydroxylation is 1. The van der Waals surface area contributed by atoms with E-state index in [4.69, 9.17) is 4.74 Å². The van der Waals surface area contributed by atoms with Gasteiger partial charge >= 0.3 is 5.97 Å². The van der Waals surface area contributed by atoms with Crippen LogP contribution in [0.3, 0.4) is 0 Å². The molecule has 0 aliphatic heterocycles. The summed E-state index contributed by atoms with van der Waals surface area (Å²) >= 11 is 0. The van der Waals surface area contributed by atoms with E-state index in [1.165, 1.54) is 29.2 Å². The monoisotopic (exact) mass is 341 g/mol. The van der Waals surface area contributed by atoms with Gasteiger partial charge in [0.05, 0.1) is 18.5 Å². The minimum Gasteiger partial charge on any atom is -0.465 e. The van der Waals surface area contributed by atoms with Gasteiger partial charge in [-0.1, -0.05) is 0 Å². The third kappa shape index (κ3) is 3.86. The molecule has 1 aromatic carbocycles. The molecule has 0 radical (unpaired) electrons. The van der Waals surface area contributed by atoms with Crippen molar-refractivity contribution in [1.82, 2.24) is 9.78 Å². The number of hydrogen-bond donors (Lipinski definition) is 0. The van der Waals surface area contributed by atoms with Crippen LogP contribution in [-0.4, -0.2) is 37.3 Å². The van der Waals surface area contributed by atoms with Crippen molar-refractivity contribution in [3.8, 4) is 0 Å². The van der Waals surface area contributed by atoms with Gasteiger partial charge < -0.3 is 4.74 Å². The molecular weight excluding hydrogens is 325 g/mol. The minimum atomic E-state index is -4.03. The van der Waals surface area contributed by atoms with Gasteiger partial charge in [-0.2, -0.15) is 5.10 Å². The molecule has 0 amide bonds. The average Bonchev–Trinajstić information content (AvgIpc) is 2.93. The Kier molecular flexibility index (Phi) is 4.99. The van der Waals surface area contributed by atoms with Crippen LogP contribution in [-0.2, 0) is 26.6 Å². The second-order valence-electron chi connectivity index (χ2n) is 4.64. The number of ether oxygens (including phenoxy) is 1. The van der Waals surface area contributed by atoms with E-state index in [9.17, 15) is 17.6 Å². The van der Waals surface area contributed by atoms with Crippen LogP contribution in [0.1, 0.15) is 6.92 Å². The van der Waals surface area contributed by atoms with Gasteiger partial charge in [-0.05, 0) is 31.2 Å². The van der Waals surface area contributed by atoms with Crippen LogP contribution in [0.15, 0.2) is 41.6 Å². The average molecular weight is 341 g/mol. The summed E-state index contributed by atoms with van der Waals surface area (Å²) in [7, 11) is -2.46. The quantitative estimate of drug-likeness (QED) is 0.740. The van der Waals surface area contributed by atoms with Crippen molar-refractivity contribution in [2.45, 2.75) is 11.8 Å². The molecule has 0 fully saturated rings. The number of halogens is 1. The third-order valence-electron chi connectivity index (χ3n) is 2.96. The zero-order valence-electron chi connectivity index (χ0n) is 12.6. The molecule has 0 saturated carbocycles. The Hall–Kier alpha value is -2.42. The molecular formula is C14H16FN3O4S. The SMILES string of the molecule is CCOC(=O)CN(c1ccc(F)cc1)S(=O)(=O)c1cnn(C)c1. The van der Waals surface area contributed by atoms with E-state index in [1.54, 1.807) is 14.0 Å². The standard InChI is InChI=1S/C14H16FN3O4S/c1-3-22-14(19)10-18(12-6-4-11(15)5-7-12)23(20,21)13-8-16-17(2)9-13/h4-9H,3,10H2,1-2H3. The number of aromatic nitrogens is 2. The van der Waals surface area contributed by atoms with E-state index >= 15 is 0 Å². The molecule has 1 heterocycles. The lowest BCUT2D eigenvalue weighted by molar-refractivity contribution is -0.141. The molecule has 7 nitrogen and oxygen atoms in total. The number of benzene rings is 1. The Morgan fingerprint density at radius 3 is 2.52 bits per heavy atom. The number of nitrogens with zero attached hydrogens (tertiary/aromatic N) is 3. The smallest absolute Gasteiger partial charge is 0.326 e. The summed E-state index contributed by atoms with van der Waals surface area (Å²) < 4.78 is 45.6. The van der Waals surface area contributed by atoms with Crippen LogP contribution < -0.4 is 4.31 Å². The van der Waals surface area contributed by atoms with Crippen molar-refractivity contribution in [2.24, 2.45) is 7.05 Å². The van der Waals surface area contributed by atoms with Crippen LogP contribution >= 0.6 is 0 Å². The first-order valence-corrected chi connectivity index (χ1v) is 8.21. The summed E-state index contributed by atoms with van der Waals surface area (Å²) in [4.78, 5) is 11.7. The molecule has 0 aliphatic rings. The van der Waals surface area contributed by atoms with Gasteiger partial charge in [0.1, 0.15) is 17.3 Å². The van der Waals surface area contributed by atoms with Gasteiger partial charge in [-0.3, -0.25) is 13.8 Å². The van der Waals surface area contributed by atoms with Crippen molar-refractivity contribution >= 4 is 21.7 Å². The molecule has 2 aromatic rings. The fraction of sp³-hybridized carbons (Fsp3) is 0.286. The molecule has 0 spiro atoms. The zero-order chi connectivity index (χ0) is 17.0. The molecule has 23 heavy (non-hydrogen) atoms. The maximum Gasteiger partial charge on any atom is 0.326 e. The van der Waals surface area contributed by atoms with Crippen LogP contribution in [0.25, 0.3) is 0 Å². The number of anilines is 1. The first-order valence-electron chi connectivity index (χ1n) is 6.77. The van der Waals surface area contributed by atoms with Crippen LogP contribution in [0, 0.1) is 5.82 Å². The molecule has 9 heteroatoms. The van der Waals surface area contributed by atoms with Crippen LogP contribution in [0.5, 0.6) is 0 Å². The van der Waals surface area contributed by atoms with Gasteiger partial charge in [0.15, 0.2) is 0 Å². The maximum atomic E-state index is 13.1. The first-order chi connectivity index (χ1) is 10.8. The first kappa shape index (κ1) is 16.9. The summed E-state index contributed by atoms with van der Waals surface area (Å²) in [6.45, 7) is 1.23. The molecule has 0 atom stereocenters. The molecule has 124 valence electrons. The summed E-state index contributed by atoms with van der Waals surface area (Å²) in [6.07, 6.45) is 2.49. The highest BCUT2D eigenvalue weighted by Gasteiger charge is 2.28. The zero-order valence-corrected chi connectivity index (χ0v) is 13.5. The minimum absolute atomic E-state index is 0.0753. The molecule has 0 N–H and O–H groups in total. The van der Waals surface area contributed by atoms with E-state index in [2.05, 4.69) is 5.10 Å². The van der Waals surface area contributed by atoms with Crippen LogP contribution in [0.2, 0.25) is 0 Å². The number of hydrogen-bond acceptors (Lipinski definition) is 5. The summed E-state index contributed by atoms with van der Waals surface area (Å²) in [6, 6.07) is 4.80. The third-order valence-corrected chi connectivity index (χ3v) is 4.69. The van der Waals surface area contributed by atoms with E-state index < -0.39 is 28.4 Å². The van der Waals surface area contributed by atoms with E-state index in [-0.39, 0.29) is 17.2 Å². The highest BCUT2D eigenvalue weighted by Crippen LogP contribution is 2.23. The second kappa shape index (κ2) is 6.78. The lowest BCUT2D eigenvalue weighted by Crippen LogP contribution is -2.36. The predicted octanol–water partition coefficient (Wildman–Crippen LogP) is 1.32. The Balaban J connectivity index is 2.44. The Bertz CT molecular complexity index is 787. The number of carbonyl (C=O) groups excluding carboxylic acids is 1. The lowest BCUT2D eigenvalue weighted by atomic mass is 10.3. The summed E-state index contributed by atoms with van der Waals surface area (Å²) in [5.74, 6) is -1.21. The van der Waals surface area contributed by atoms with Crippen LogP contribution in [0.4, 0.5) is 10.1 Å². The van der Waals surface area contributed by atoms with Crippen molar-refractivity contribution < 1.29 is 22.3 Å². The van der Waals surface area contributed by atoms with Crippen molar-refractivity contribution in [3.63, 3.8) is 0 Å². The molecule has 2 rings (SSSR count).